The molecular formula is C12H8N2OS. The van der Waals surface area contributed by atoms with Crippen molar-refractivity contribution in [2.45, 2.75) is 0 Å². The highest BCUT2D eigenvalue weighted by atomic mass is 32.1. The molecule has 16 heavy (non-hydrogen) atoms. The summed E-state index contributed by atoms with van der Waals surface area (Å²) >= 11 is 1.56. The molecule has 2 heterocycles. The van der Waals surface area contributed by atoms with Gasteiger partial charge in [-0.05, 0) is 24.3 Å². The zero-order valence-electron chi connectivity index (χ0n) is 8.31. The van der Waals surface area contributed by atoms with Crippen LogP contribution in [0.2, 0.25) is 0 Å². The van der Waals surface area contributed by atoms with Crippen LogP contribution in [-0.2, 0) is 0 Å². The maximum Gasteiger partial charge on any atom is 0.214 e. The minimum atomic E-state index is -0.0448. The molecule has 3 nitrogen and oxygen atoms in total. The second-order valence-electron chi connectivity index (χ2n) is 3.51. The molecule has 0 radical (unpaired) electrons. The predicted octanol–water partition coefficient (Wildman–Crippen LogP) is 2.39. The molecular weight excluding hydrogens is 220 g/mol. The van der Waals surface area contributed by atoms with Crippen molar-refractivity contribution in [3.63, 3.8) is 0 Å². The lowest BCUT2D eigenvalue weighted by Crippen LogP contribution is -2.04. The van der Waals surface area contributed by atoms with Gasteiger partial charge < -0.3 is 5.73 Å². The van der Waals surface area contributed by atoms with Crippen LogP contribution in [0.25, 0.3) is 20.3 Å². The van der Waals surface area contributed by atoms with E-state index in [2.05, 4.69) is 4.98 Å². The third-order valence-electron chi connectivity index (χ3n) is 2.45. The molecule has 0 amide bonds. The van der Waals surface area contributed by atoms with Crippen molar-refractivity contribution in [3.8, 4) is 0 Å². The van der Waals surface area contributed by atoms with Crippen LogP contribution >= 0.6 is 11.3 Å². The third kappa shape index (κ3) is 1.27. The number of aromatic nitrogens is 1. The van der Waals surface area contributed by atoms with Gasteiger partial charge in [-0.2, -0.15) is 0 Å². The Labute approximate surface area is 95.2 Å². The van der Waals surface area contributed by atoms with E-state index in [-0.39, 0.29) is 5.43 Å². The Bertz CT molecular complexity index is 749. The Morgan fingerprint density at radius 2 is 1.88 bits per heavy atom. The number of nitrogens with two attached hydrogens (primary N) is 1. The molecule has 0 spiro atoms. The molecule has 3 rings (SSSR count). The summed E-state index contributed by atoms with van der Waals surface area (Å²) in [7, 11) is 0. The van der Waals surface area contributed by atoms with Gasteiger partial charge in [0.25, 0.3) is 0 Å². The molecule has 0 aliphatic rings. The first kappa shape index (κ1) is 9.30. The van der Waals surface area contributed by atoms with Gasteiger partial charge in [0.1, 0.15) is 11.3 Å². The molecule has 0 saturated carbocycles. The molecule has 0 bridgehead atoms. The summed E-state index contributed by atoms with van der Waals surface area (Å²) in [6, 6.07) is 11.1. The smallest absolute Gasteiger partial charge is 0.214 e. The Hall–Kier alpha value is -1.94. The summed E-state index contributed by atoms with van der Waals surface area (Å²) in [6.07, 6.45) is 0. The fourth-order valence-electron chi connectivity index (χ4n) is 1.70. The van der Waals surface area contributed by atoms with Crippen LogP contribution in [-0.4, -0.2) is 4.98 Å². The summed E-state index contributed by atoms with van der Waals surface area (Å²) in [5.74, 6) is 0.382. The van der Waals surface area contributed by atoms with E-state index >= 15 is 0 Å². The first-order valence-corrected chi connectivity index (χ1v) is 5.65. The van der Waals surface area contributed by atoms with Crippen molar-refractivity contribution in [3.05, 3.63) is 46.6 Å². The normalized spacial score (nSPS) is 11.0. The number of anilines is 1. The predicted molar refractivity (Wildman–Crippen MR) is 67.8 cm³/mol. The van der Waals surface area contributed by atoms with Gasteiger partial charge in [-0.1, -0.05) is 12.1 Å². The van der Waals surface area contributed by atoms with Gasteiger partial charge in [-0.3, -0.25) is 4.79 Å². The van der Waals surface area contributed by atoms with Crippen LogP contribution in [0.15, 0.2) is 41.2 Å². The highest BCUT2D eigenvalue weighted by Crippen LogP contribution is 2.23. The number of fused-ring (bicyclic) bond motifs is 2. The quantitative estimate of drug-likeness (QED) is 0.601. The first-order chi connectivity index (χ1) is 7.75. The summed E-state index contributed by atoms with van der Waals surface area (Å²) < 4.78 is 1.85. The standard InChI is InChI=1S/C12H8N2OS/c13-10-6-5-9-11(14-10)12(15)7-3-1-2-4-8(7)16-9/h1-6H,(H2,13,14). The fraction of sp³-hybridized carbons (Fsp3) is 0. The lowest BCUT2D eigenvalue weighted by atomic mass is 10.2. The lowest BCUT2D eigenvalue weighted by Gasteiger charge is -2.00. The van der Waals surface area contributed by atoms with E-state index in [0.717, 1.165) is 9.40 Å². The van der Waals surface area contributed by atoms with E-state index < -0.39 is 0 Å². The summed E-state index contributed by atoms with van der Waals surface area (Å²) in [6.45, 7) is 0. The van der Waals surface area contributed by atoms with E-state index in [1.54, 1.807) is 17.4 Å². The zero-order valence-corrected chi connectivity index (χ0v) is 9.12. The van der Waals surface area contributed by atoms with Crippen LogP contribution in [0.1, 0.15) is 0 Å². The number of hydrogen-bond donors (Lipinski definition) is 1. The van der Waals surface area contributed by atoms with E-state index in [0.29, 0.717) is 16.7 Å². The van der Waals surface area contributed by atoms with Crippen molar-refractivity contribution >= 4 is 37.5 Å². The number of pyridine rings is 1. The number of nitrogen functional groups attached to an aromatic ring is 1. The van der Waals surface area contributed by atoms with Gasteiger partial charge in [0, 0.05) is 10.1 Å². The Morgan fingerprint density at radius 1 is 1.06 bits per heavy atom. The second kappa shape index (κ2) is 3.28. The number of rotatable bonds is 0. The maximum absolute atomic E-state index is 12.1. The zero-order chi connectivity index (χ0) is 11.1. The molecule has 78 valence electrons. The average Bonchev–Trinajstić information content (AvgIpc) is 2.31. The van der Waals surface area contributed by atoms with Crippen LogP contribution in [0.3, 0.4) is 0 Å². The largest absolute Gasteiger partial charge is 0.384 e. The number of nitrogens with zero attached hydrogens (tertiary/aromatic N) is 1. The highest BCUT2D eigenvalue weighted by Gasteiger charge is 2.06. The van der Waals surface area contributed by atoms with Gasteiger partial charge in [0.05, 0.1) is 4.70 Å². The molecule has 4 heteroatoms. The summed E-state index contributed by atoms with van der Waals surface area (Å²) in [5, 5.41) is 0.707. The van der Waals surface area contributed by atoms with Crippen molar-refractivity contribution in [2.24, 2.45) is 0 Å². The van der Waals surface area contributed by atoms with E-state index in [4.69, 9.17) is 5.73 Å². The molecule has 2 N–H and O–H groups in total. The monoisotopic (exact) mass is 228 g/mol. The lowest BCUT2D eigenvalue weighted by molar-refractivity contribution is 1.41. The van der Waals surface area contributed by atoms with Crippen molar-refractivity contribution in [2.75, 3.05) is 5.73 Å². The van der Waals surface area contributed by atoms with E-state index in [1.807, 2.05) is 30.3 Å². The van der Waals surface area contributed by atoms with Gasteiger partial charge in [0.2, 0.25) is 5.43 Å². The Balaban J connectivity index is 2.61. The van der Waals surface area contributed by atoms with E-state index in [9.17, 15) is 4.79 Å². The molecule has 0 saturated heterocycles. The topological polar surface area (TPSA) is 56.0 Å². The number of benzene rings is 1. The Kier molecular flexibility index (Phi) is 1.91. The minimum absolute atomic E-state index is 0.0448. The van der Waals surface area contributed by atoms with E-state index in [1.165, 1.54) is 0 Å². The van der Waals surface area contributed by atoms with Crippen molar-refractivity contribution < 1.29 is 0 Å². The summed E-state index contributed by atoms with van der Waals surface area (Å²) in [5.41, 5.74) is 6.01. The van der Waals surface area contributed by atoms with Crippen LogP contribution in [0.4, 0.5) is 5.82 Å². The van der Waals surface area contributed by atoms with Crippen molar-refractivity contribution in [1.82, 2.24) is 4.98 Å². The molecule has 0 unspecified atom stereocenters. The molecule has 0 atom stereocenters. The fourth-order valence-corrected chi connectivity index (χ4v) is 2.72. The third-order valence-corrected chi connectivity index (χ3v) is 3.57. The van der Waals surface area contributed by atoms with Crippen molar-refractivity contribution in [1.29, 1.82) is 0 Å². The van der Waals surface area contributed by atoms with Crippen LogP contribution in [0.5, 0.6) is 0 Å². The first-order valence-electron chi connectivity index (χ1n) is 4.84. The van der Waals surface area contributed by atoms with Crippen LogP contribution in [0, 0.1) is 0 Å². The van der Waals surface area contributed by atoms with Gasteiger partial charge in [0.15, 0.2) is 0 Å². The molecule has 2 aromatic heterocycles. The number of hydrogen-bond acceptors (Lipinski definition) is 4. The average molecular weight is 228 g/mol. The SMILES string of the molecule is Nc1ccc2sc3ccccc3c(=O)c2n1. The minimum Gasteiger partial charge on any atom is -0.384 e. The Morgan fingerprint density at radius 3 is 2.75 bits per heavy atom. The van der Waals surface area contributed by atoms with Gasteiger partial charge in [-0.25, -0.2) is 4.98 Å². The molecule has 0 aliphatic heterocycles. The molecule has 1 aromatic carbocycles. The maximum atomic E-state index is 12.1. The second-order valence-corrected chi connectivity index (χ2v) is 4.59. The molecule has 0 fully saturated rings. The van der Waals surface area contributed by atoms with Gasteiger partial charge in [-0.15, -0.1) is 11.3 Å². The van der Waals surface area contributed by atoms with Crippen LogP contribution < -0.4 is 11.2 Å². The molecule has 0 aliphatic carbocycles. The highest BCUT2D eigenvalue weighted by molar-refractivity contribution is 7.24. The summed E-state index contributed by atoms with van der Waals surface area (Å²) in [4.78, 5) is 16.2. The van der Waals surface area contributed by atoms with Gasteiger partial charge >= 0.3 is 0 Å². The molecule has 3 aromatic rings.